The maximum atomic E-state index is 14.3. The highest BCUT2D eigenvalue weighted by Gasteiger charge is 2.51. The number of hydrogen-bond acceptors (Lipinski definition) is 5. The van der Waals surface area contributed by atoms with Crippen LogP contribution in [0, 0.1) is 5.82 Å². The first-order valence-electron chi connectivity index (χ1n) is 8.30. The van der Waals surface area contributed by atoms with Crippen molar-refractivity contribution in [3.05, 3.63) is 24.0 Å². The van der Waals surface area contributed by atoms with Gasteiger partial charge in [-0.25, -0.2) is 9.18 Å². The monoisotopic (exact) mass is 352 g/mol. The molecule has 1 saturated heterocycles. The highest BCUT2D eigenvalue weighted by atomic mass is 19.1. The molecule has 0 amide bonds. The van der Waals surface area contributed by atoms with Gasteiger partial charge in [-0.2, -0.15) is 0 Å². The Hall–Kier alpha value is -1.60. The molecule has 1 heterocycles. The Balaban J connectivity index is 2.03. The summed E-state index contributed by atoms with van der Waals surface area (Å²) in [5.41, 5.74) is -1.06. The summed E-state index contributed by atoms with van der Waals surface area (Å²) < 4.78 is 36.4. The number of hydrogen-bond donors (Lipinski definition) is 0. The van der Waals surface area contributed by atoms with E-state index in [1.54, 1.807) is 26.8 Å². The van der Waals surface area contributed by atoms with Crippen molar-refractivity contribution in [1.29, 1.82) is 0 Å². The maximum Gasteiger partial charge on any atom is 0.494 e. The molecular weight excluding hydrogens is 326 g/mol. The van der Waals surface area contributed by atoms with Crippen LogP contribution in [-0.4, -0.2) is 36.5 Å². The third-order valence-corrected chi connectivity index (χ3v) is 4.25. The van der Waals surface area contributed by atoms with E-state index in [9.17, 15) is 9.18 Å². The zero-order valence-electron chi connectivity index (χ0n) is 15.9. The first-order chi connectivity index (χ1) is 11.3. The van der Waals surface area contributed by atoms with Gasteiger partial charge in [0.1, 0.15) is 5.60 Å². The lowest BCUT2D eigenvalue weighted by Crippen LogP contribution is -2.41. The van der Waals surface area contributed by atoms with Crippen molar-refractivity contribution in [3.8, 4) is 5.75 Å². The summed E-state index contributed by atoms with van der Waals surface area (Å²) in [4.78, 5) is 11.7. The normalized spacial score (nSPS) is 19.0. The van der Waals surface area contributed by atoms with Gasteiger partial charge in [0.2, 0.25) is 0 Å². The Bertz CT molecular complexity index is 635. The average molecular weight is 352 g/mol. The molecule has 1 aromatic carbocycles. The standard InChI is InChI=1S/C18H26BFO5/c1-16(2,3)23-15(21)11-22-14-9-8-12(10-13(14)20)19-24-17(4,5)18(6,7)25-19/h8-10H,11H2,1-7H3. The van der Waals surface area contributed by atoms with E-state index in [4.69, 9.17) is 18.8 Å². The van der Waals surface area contributed by atoms with Crippen molar-refractivity contribution in [1.82, 2.24) is 0 Å². The first kappa shape index (κ1) is 19.7. The van der Waals surface area contributed by atoms with Gasteiger partial charge in [0, 0.05) is 0 Å². The molecule has 0 atom stereocenters. The molecule has 1 aliphatic rings. The Morgan fingerprint density at radius 2 is 1.72 bits per heavy atom. The summed E-state index contributed by atoms with van der Waals surface area (Å²) in [5.74, 6) is -1.16. The molecule has 0 aromatic heterocycles. The van der Waals surface area contributed by atoms with E-state index in [-0.39, 0.29) is 12.4 Å². The predicted molar refractivity (Wildman–Crippen MR) is 93.5 cm³/mol. The summed E-state index contributed by atoms with van der Waals surface area (Å²) in [7, 11) is -0.653. The van der Waals surface area contributed by atoms with Gasteiger partial charge in [-0.15, -0.1) is 0 Å². The zero-order chi connectivity index (χ0) is 19.0. The molecule has 7 heteroatoms. The quantitative estimate of drug-likeness (QED) is 0.616. The first-order valence-corrected chi connectivity index (χ1v) is 8.30. The van der Waals surface area contributed by atoms with Crippen LogP contribution >= 0.6 is 0 Å². The minimum atomic E-state index is -0.653. The van der Waals surface area contributed by atoms with E-state index in [1.807, 2.05) is 27.7 Å². The van der Waals surface area contributed by atoms with Crippen molar-refractivity contribution in [2.24, 2.45) is 0 Å². The molecule has 1 fully saturated rings. The molecule has 1 aromatic rings. The highest BCUT2D eigenvalue weighted by Crippen LogP contribution is 2.36. The smallest absolute Gasteiger partial charge is 0.479 e. The molecule has 0 radical (unpaired) electrons. The molecule has 0 spiro atoms. The van der Waals surface area contributed by atoms with Crippen LogP contribution in [-0.2, 0) is 18.8 Å². The van der Waals surface area contributed by atoms with E-state index in [0.29, 0.717) is 5.46 Å². The van der Waals surface area contributed by atoms with E-state index < -0.39 is 35.7 Å². The summed E-state index contributed by atoms with van der Waals surface area (Å²) >= 11 is 0. The number of rotatable bonds is 4. The second kappa shape index (κ2) is 6.61. The fourth-order valence-electron chi connectivity index (χ4n) is 2.27. The number of carbonyl (C=O) groups excluding carboxylic acids is 1. The van der Waals surface area contributed by atoms with Crippen molar-refractivity contribution in [3.63, 3.8) is 0 Å². The maximum absolute atomic E-state index is 14.3. The van der Waals surface area contributed by atoms with E-state index in [0.717, 1.165) is 0 Å². The fourth-order valence-corrected chi connectivity index (χ4v) is 2.27. The molecule has 138 valence electrons. The zero-order valence-corrected chi connectivity index (χ0v) is 15.9. The second-order valence-electron chi connectivity index (χ2n) is 8.15. The number of benzene rings is 1. The van der Waals surface area contributed by atoms with Crippen LogP contribution in [0.25, 0.3) is 0 Å². The SMILES string of the molecule is CC(C)(C)OC(=O)COc1ccc(B2OC(C)(C)C(C)(C)O2)cc1F. The lowest BCUT2D eigenvalue weighted by Gasteiger charge is -2.32. The molecule has 25 heavy (non-hydrogen) atoms. The highest BCUT2D eigenvalue weighted by molar-refractivity contribution is 6.62. The molecule has 0 N–H and O–H groups in total. The molecule has 2 rings (SSSR count). The third kappa shape index (κ3) is 4.73. The Kier molecular flexibility index (Phi) is 5.22. The minimum absolute atomic E-state index is 0.0221. The van der Waals surface area contributed by atoms with Crippen LogP contribution in [0.2, 0.25) is 0 Å². The molecule has 0 saturated carbocycles. The van der Waals surface area contributed by atoms with Crippen LogP contribution < -0.4 is 10.2 Å². The summed E-state index contributed by atoms with van der Waals surface area (Å²) in [6.07, 6.45) is 0. The van der Waals surface area contributed by atoms with E-state index in [2.05, 4.69) is 0 Å². The van der Waals surface area contributed by atoms with Crippen molar-refractivity contribution in [2.75, 3.05) is 6.61 Å². The third-order valence-electron chi connectivity index (χ3n) is 4.25. The Labute approximate surface area is 148 Å². The number of halogens is 1. The van der Waals surface area contributed by atoms with Gasteiger partial charge in [0.25, 0.3) is 0 Å². The summed E-state index contributed by atoms with van der Waals surface area (Å²) in [5, 5.41) is 0. The van der Waals surface area contributed by atoms with Crippen LogP contribution in [0.4, 0.5) is 4.39 Å². The average Bonchev–Trinajstić information content (AvgIpc) is 2.64. The van der Waals surface area contributed by atoms with E-state index in [1.165, 1.54) is 12.1 Å². The van der Waals surface area contributed by atoms with Crippen molar-refractivity contribution >= 4 is 18.6 Å². The lowest BCUT2D eigenvalue weighted by molar-refractivity contribution is -0.157. The number of ether oxygens (including phenoxy) is 2. The minimum Gasteiger partial charge on any atom is -0.479 e. The summed E-state index contributed by atoms with van der Waals surface area (Å²) in [6.45, 7) is 12.6. The molecule has 0 unspecified atom stereocenters. The van der Waals surface area contributed by atoms with Crippen molar-refractivity contribution in [2.45, 2.75) is 65.3 Å². The second-order valence-corrected chi connectivity index (χ2v) is 8.15. The molecule has 5 nitrogen and oxygen atoms in total. The van der Waals surface area contributed by atoms with Crippen LogP contribution in [0.5, 0.6) is 5.75 Å². The Morgan fingerprint density at radius 1 is 1.16 bits per heavy atom. The van der Waals surface area contributed by atoms with Gasteiger partial charge in [-0.1, -0.05) is 6.07 Å². The van der Waals surface area contributed by atoms with Gasteiger partial charge >= 0.3 is 13.1 Å². The topological polar surface area (TPSA) is 54.0 Å². The van der Waals surface area contributed by atoms with Crippen LogP contribution in [0.15, 0.2) is 18.2 Å². The number of carbonyl (C=O) groups is 1. The molecule has 1 aliphatic heterocycles. The van der Waals surface area contributed by atoms with Crippen LogP contribution in [0.3, 0.4) is 0 Å². The van der Waals surface area contributed by atoms with Gasteiger partial charge in [0.15, 0.2) is 18.2 Å². The predicted octanol–water partition coefficient (Wildman–Crippen LogP) is 2.85. The van der Waals surface area contributed by atoms with Crippen LogP contribution in [0.1, 0.15) is 48.5 Å². The number of esters is 1. The van der Waals surface area contributed by atoms with Crippen molar-refractivity contribution < 1.29 is 28.0 Å². The molecular formula is C18H26BFO5. The molecule has 0 bridgehead atoms. The Morgan fingerprint density at radius 3 is 2.20 bits per heavy atom. The lowest BCUT2D eigenvalue weighted by atomic mass is 9.79. The fraction of sp³-hybridized carbons (Fsp3) is 0.611. The van der Waals surface area contributed by atoms with E-state index >= 15 is 0 Å². The largest absolute Gasteiger partial charge is 0.494 e. The van der Waals surface area contributed by atoms with Gasteiger partial charge in [0.05, 0.1) is 11.2 Å². The van der Waals surface area contributed by atoms with Gasteiger partial charge < -0.3 is 18.8 Å². The summed E-state index contributed by atoms with van der Waals surface area (Å²) in [6, 6.07) is 4.42. The van der Waals surface area contributed by atoms with Gasteiger partial charge in [-0.05, 0) is 66.1 Å². The van der Waals surface area contributed by atoms with Gasteiger partial charge in [-0.3, -0.25) is 0 Å². The molecule has 0 aliphatic carbocycles.